The lowest BCUT2D eigenvalue weighted by Crippen LogP contribution is -2.13. The van der Waals surface area contributed by atoms with Crippen molar-refractivity contribution in [1.82, 2.24) is 9.55 Å². The number of carbonyl (C=O) groups is 2. The molecular weight excluding hydrogens is 456 g/mol. The zero-order chi connectivity index (χ0) is 22.8. The van der Waals surface area contributed by atoms with Crippen LogP contribution in [-0.2, 0) is 13.0 Å². The minimum atomic E-state index is -1.11. The molecule has 4 rings (SSSR count). The summed E-state index contributed by atoms with van der Waals surface area (Å²) in [6.45, 7) is 2.31. The highest BCUT2D eigenvalue weighted by atomic mass is 35.5. The first kappa shape index (κ1) is 22.0. The molecule has 0 bridgehead atoms. The average Bonchev–Trinajstić information content (AvgIpc) is 3.33. The Labute approximate surface area is 192 Å². The number of benzene rings is 2. The van der Waals surface area contributed by atoms with E-state index in [0.29, 0.717) is 44.3 Å². The molecule has 8 nitrogen and oxygen atoms in total. The molecule has 0 unspecified atom stereocenters. The maximum atomic E-state index is 12.2. The number of rotatable bonds is 8. The molecule has 1 aromatic heterocycles. The molecule has 32 heavy (non-hydrogen) atoms. The highest BCUT2D eigenvalue weighted by Crippen LogP contribution is 2.38. The average molecular weight is 475 g/mol. The fourth-order valence-corrected chi connectivity index (χ4v) is 4.52. The molecule has 0 saturated heterocycles. The Morgan fingerprint density at radius 3 is 2.44 bits per heavy atom. The van der Waals surface area contributed by atoms with Gasteiger partial charge in [0.15, 0.2) is 17.2 Å². The quantitative estimate of drug-likeness (QED) is 0.478. The van der Waals surface area contributed by atoms with E-state index in [4.69, 9.17) is 26.2 Å². The van der Waals surface area contributed by atoms with Gasteiger partial charge in [0.05, 0.1) is 12.1 Å². The monoisotopic (exact) mass is 474 g/mol. The van der Waals surface area contributed by atoms with Gasteiger partial charge in [-0.25, -0.2) is 14.6 Å². The molecule has 0 spiro atoms. The molecule has 0 aliphatic carbocycles. The lowest BCUT2D eigenvalue weighted by Gasteiger charge is -2.12. The van der Waals surface area contributed by atoms with Crippen LogP contribution in [0.15, 0.2) is 46.3 Å². The second kappa shape index (κ2) is 9.13. The number of carboxylic acid groups (broad SMARTS) is 2. The summed E-state index contributed by atoms with van der Waals surface area (Å²) < 4.78 is 12.4. The Balaban J connectivity index is 1.72. The van der Waals surface area contributed by atoms with E-state index in [2.05, 4.69) is 4.98 Å². The Morgan fingerprint density at radius 2 is 1.81 bits per heavy atom. The van der Waals surface area contributed by atoms with Gasteiger partial charge < -0.3 is 24.3 Å². The smallest absolute Gasteiger partial charge is 0.355 e. The number of carboxylic acids is 2. The summed E-state index contributed by atoms with van der Waals surface area (Å²) in [5.41, 5.74) is 0.896. The van der Waals surface area contributed by atoms with E-state index in [9.17, 15) is 14.7 Å². The maximum Gasteiger partial charge on any atom is 0.355 e. The van der Waals surface area contributed by atoms with Crippen LogP contribution in [0.1, 0.15) is 45.6 Å². The van der Waals surface area contributed by atoms with Gasteiger partial charge in [0.25, 0.3) is 0 Å². The van der Waals surface area contributed by atoms with Gasteiger partial charge in [-0.2, -0.15) is 0 Å². The Hall–Kier alpha value is -3.17. The van der Waals surface area contributed by atoms with Gasteiger partial charge >= 0.3 is 11.9 Å². The van der Waals surface area contributed by atoms with Crippen LogP contribution >= 0.6 is 23.4 Å². The molecule has 1 aliphatic heterocycles. The number of halogens is 1. The summed E-state index contributed by atoms with van der Waals surface area (Å²) >= 11 is 7.60. The molecule has 1 aliphatic rings. The van der Waals surface area contributed by atoms with Gasteiger partial charge in [0.1, 0.15) is 10.9 Å². The number of hydrogen-bond acceptors (Lipinski definition) is 6. The minimum absolute atomic E-state index is 0.0505. The van der Waals surface area contributed by atoms with E-state index < -0.39 is 11.9 Å². The molecule has 0 radical (unpaired) electrons. The third-order valence-corrected chi connectivity index (χ3v) is 6.21. The summed E-state index contributed by atoms with van der Waals surface area (Å²) in [5, 5.41) is 19.8. The van der Waals surface area contributed by atoms with Crippen molar-refractivity contribution in [3.05, 3.63) is 64.1 Å². The largest absolute Gasteiger partial charge is 0.478 e. The molecule has 2 aromatic carbocycles. The van der Waals surface area contributed by atoms with Crippen LogP contribution in [0.4, 0.5) is 0 Å². The van der Waals surface area contributed by atoms with Crippen molar-refractivity contribution in [3.63, 3.8) is 0 Å². The minimum Gasteiger partial charge on any atom is -0.478 e. The van der Waals surface area contributed by atoms with Crippen molar-refractivity contribution < 1.29 is 29.3 Å². The molecule has 166 valence electrons. The number of ether oxygens (including phenoxy) is 2. The van der Waals surface area contributed by atoms with Crippen molar-refractivity contribution in [1.29, 1.82) is 0 Å². The van der Waals surface area contributed by atoms with E-state index in [1.807, 2.05) is 6.92 Å². The number of fused-ring (bicyclic) bond motifs is 1. The van der Waals surface area contributed by atoms with Crippen LogP contribution in [0.25, 0.3) is 0 Å². The van der Waals surface area contributed by atoms with Crippen LogP contribution in [-0.4, -0.2) is 38.5 Å². The molecule has 3 aromatic rings. The second-order valence-corrected chi connectivity index (χ2v) is 8.52. The number of imidazole rings is 1. The highest BCUT2D eigenvalue weighted by Gasteiger charge is 2.25. The number of aromatic carboxylic acids is 2. The molecule has 0 fully saturated rings. The lowest BCUT2D eigenvalue weighted by molar-refractivity contribution is 0.0675. The zero-order valence-electron chi connectivity index (χ0n) is 17.0. The van der Waals surface area contributed by atoms with E-state index >= 15 is 0 Å². The van der Waals surface area contributed by atoms with Crippen LogP contribution in [0, 0.1) is 0 Å². The lowest BCUT2D eigenvalue weighted by atomic mass is 10.2. The third-order valence-electron chi connectivity index (χ3n) is 4.88. The van der Waals surface area contributed by atoms with Crippen molar-refractivity contribution >= 4 is 35.3 Å². The van der Waals surface area contributed by atoms with E-state index in [0.717, 1.165) is 6.42 Å². The van der Waals surface area contributed by atoms with Gasteiger partial charge in [0, 0.05) is 22.4 Å². The SMILES string of the molecule is CCCc1nc(Sc2ccc(C(=O)O)cc2)c(C(=O)O)n1Cc1cc2c(cc1Cl)OCO2. The molecule has 2 N–H and O–H groups in total. The van der Waals surface area contributed by atoms with Crippen LogP contribution in [0.5, 0.6) is 11.5 Å². The van der Waals surface area contributed by atoms with Crippen LogP contribution in [0.3, 0.4) is 0 Å². The highest BCUT2D eigenvalue weighted by molar-refractivity contribution is 7.99. The molecule has 0 amide bonds. The molecule has 2 heterocycles. The second-order valence-electron chi connectivity index (χ2n) is 7.05. The molecular formula is C22H19ClN2O6S. The van der Waals surface area contributed by atoms with Gasteiger partial charge in [-0.1, -0.05) is 30.3 Å². The summed E-state index contributed by atoms with van der Waals surface area (Å²) in [4.78, 5) is 28.6. The first-order chi connectivity index (χ1) is 15.4. The Morgan fingerprint density at radius 1 is 1.12 bits per heavy atom. The number of nitrogens with zero attached hydrogens (tertiary/aromatic N) is 2. The normalized spacial score (nSPS) is 12.2. The topological polar surface area (TPSA) is 111 Å². The van der Waals surface area contributed by atoms with Crippen molar-refractivity contribution in [2.75, 3.05) is 6.79 Å². The van der Waals surface area contributed by atoms with E-state index in [-0.39, 0.29) is 24.6 Å². The summed E-state index contributed by atoms with van der Waals surface area (Å²) in [7, 11) is 0. The van der Waals surface area contributed by atoms with Crippen molar-refractivity contribution in [2.45, 2.75) is 36.2 Å². The Bertz CT molecular complexity index is 1190. The summed E-state index contributed by atoms with van der Waals surface area (Å²) in [6, 6.07) is 9.63. The molecule has 0 saturated carbocycles. The fourth-order valence-electron chi connectivity index (χ4n) is 3.37. The zero-order valence-corrected chi connectivity index (χ0v) is 18.6. The van der Waals surface area contributed by atoms with Gasteiger partial charge in [-0.05, 0) is 42.3 Å². The number of aryl methyl sites for hydroxylation is 1. The fraction of sp³-hybridized carbons (Fsp3) is 0.227. The molecule has 0 atom stereocenters. The van der Waals surface area contributed by atoms with Crippen molar-refractivity contribution in [3.8, 4) is 11.5 Å². The van der Waals surface area contributed by atoms with Crippen molar-refractivity contribution in [2.24, 2.45) is 0 Å². The van der Waals surface area contributed by atoms with Gasteiger partial charge in [-0.15, -0.1) is 0 Å². The number of aromatic nitrogens is 2. The van der Waals surface area contributed by atoms with Crippen LogP contribution < -0.4 is 9.47 Å². The first-order valence-electron chi connectivity index (χ1n) is 9.79. The predicted octanol–water partition coefficient (Wildman–Crippen LogP) is 4.81. The van der Waals surface area contributed by atoms with E-state index in [1.165, 1.54) is 23.9 Å². The standard InChI is InChI=1S/C22H19ClN2O6S/c1-2-3-18-24-20(32-14-6-4-12(5-7-14)21(26)27)19(22(28)29)25(18)10-13-8-16-17(9-15(13)23)31-11-30-16/h4-9H,2-3,10-11H2,1H3,(H,26,27)(H,28,29). The predicted molar refractivity (Wildman–Crippen MR) is 117 cm³/mol. The van der Waals surface area contributed by atoms with Crippen LogP contribution in [0.2, 0.25) is 5.02 Å². The summed E-state index contributed by atoms with van der Waals surface area (Å²) in [6.07, 6.45) is 1.36. The molecule has 10 heteroatoms. The van der Waals surface area contributed by atoms with Gasteiger partial charge in [-0.3, -0.25) is 0 Å². The van der Waals surface area contributed by atoms with E-state index in [1.54, 1.807) is 28.8 Å². The number of hydrogen-bond donors (Lipinski definition) is 2. The third kappa shape index (κ3) is 4.39. The van der Waals surface area contributed by atoms with Gasteiger partial charge in [0.2, 0.25) is 6.79 Å². The first-order valence-corrected chi connectivity index (χ1v) is 11.0. The Kier molecular flexibility index (Phi) is 6.29. The summed E-state index contributed by atoms with van der Waals surface area (Å²) in [5.74, 6) is -0.392. The maximum absolute atomic E-state index is 12.2.